The van der Waals surface area contributed by atoms with E-state index in [1.54, 1.807) is 12.4 Å². The molecule has 2 aromatic heterocycles. The van der Waals surface area contributed by atoms with Gasteiger partial charge in [-0.3, -0.25) is 4.98 Å². The number of pyridine rings is 2. The molecule has 2 rings (SSSR count). The highest BCUT2D eigenvalue weighted by molar-refractivity contribution is 5.61. The lowest BCUT2D eigenvalue weighted by atomic mass is 10.3. The predicted molar refractivity (Wildman–Crippen MR) is 65.0 cm³/mol. The first-order valence-electron chi connectivity index (χ1n) is 5.09. The number of nitrogen functional groups attached to an aromatic ring is 1. The van der Waals surface area contributed by atoms with Crippen molar-refractivity contribution < 1.29 is 0 Å². The molecule has 0 aliphatic heterocycles. The molecule has 82 valence electrons. The van der Waals surface area contributed by atoms with Gasteiger partial charge in [-0.15, -0.1) is 0 Å². The topological polar surface area (TPSA) is 55.0 Å². The first-order chi connectivity index (χ1) is 7.77. The molecule has 0 amide bonds. The summed E-state index contributed by atoms with van der Waals surface area (Å²) in [5, 5.41) is 0. The molecular weight excluding hydrogens is 200 g/mol. The van der Waals surface area contributed by atoms with Gasteiger partial charge in [-0.05, 0) is 24.3 Å². The van der Waals surface area contributed by atoms with E-state index in [1.165, 1.54) is 0 Å². The van der Waals surface area contributed by atoms with Crippen LogP contribution in [0.15, 0.2) is 42.7 Å². The molecule has 0 fully saturated rings. The van der Waals surface area contributed by atoms with E-state index in [0.29, 0.717) is 12.2 Å². The molecule has 0 radical (unpaired) electrons. The standard InChI is InChI=1S/C12H14N4/c1-16(9-10-5-2-3-7-14-10)12-11(13)6-4-8-15-12/h2-8H,9,13H2,1H3. The smallest absolute Gasteiger partial charge is 0.151 e. The van der Waals surface area contributed by atoms with E-state index in [9.17, 15) is 0 Å². The molecule has 4 heteroatoms. The van der Waals surface area contributed by atoms with Crippen LogP contribution in [0.2, 0.25) is 0 Å². The highest BCUT2D eigenvalue weighted by Gasteiger charge is 2.06. The Bertz CT molecular complexity index is 456. The van der Waals surface area contributed by atoms with E-state index in [4.69, 9.17) is 5.73 Å². The molecule has 0 unspecified atom stereocenters. The van der Waals surface area contributed by atoms with Crippen molar-refractivity contribution >= 4 is 11.5 Å². The van der Waals surface area contributed by atoms with Crippen LogP contribution < -0.4 is 10.6 Å². The van der Waals surface area contributed by atoms with Crippen LogP contribution in [-0.2, 0) is 6.54 Å². The van der Waals surface area contributed by atoms with Crippen LogP contribution in [0.1, 0.15) is 5.69 Å². The van der Waals surface area contributed by atoms with Crippen molar-refractivity contribution in [1.82, 2.24) is 9.97 Å². The van der Waals surface area contributed by atoms with Crippen LogP contribution in [0.25, 0.3) is 0 Å². The van der Waals surface area contributed by atoms with Gasteiger partial charge in [-0.2, -0.15) is 0 Å². The Balaban J connectivity index is 2.15. The molecule has 0 aliphatic rings. The van der Waals surface area contributed by atoms with E-state index < -0.39 is 0 Å². The van der Waals surface area contributed by atoms with Gasteiger partial charge in [0.1, 0.15) is 0 Å². The average Bonchev–Trinajstić information content (AvgIpc) is 2.31. The molecule has 0 atom stereocenters. The lowest BCUT2D eigenvalue weighted by molar-refractivity contribution is 0.868. The Hall–Kier alpha value is -2.10. The summed E-state index contributed by atoms with van der Waals surface area (Å²) in [6.07, 6.45) is 3.52. The van der Waals surface area contributed by atoms with Crippen molar-refractivity contribution in [2.45, 2.75) is 6.54 Å². The lowest BCUT2D eigenvalue weighted by Gasteiger charge is -2.18. The molecule has 16 heavy (non-hydrogen) atoms. The predicted octanol–water partition coefficient (Wildman–Crippen LogP) is 1.70. The molecular formula is C12H14N4. The maximum absolute atomic E-state index is 5.85. The minimum absolute atomic E-state index is 0.681. The van der Waals surface area contributed by atoms with Crippen molar-refractivity contribution in [3.8, 4) is 0 Å². The second-order valence-corrected chi connectivity index (χ2v) is 3.59. The molecule has 0 saturated carbocycles. The van der Waals surface area contributed by atoms with Gasteiger partial charge in [-0.25, -0.2) is 4.98 Å². The van der Waals surface area contributed by atoms with Crippen LogP contribution in [0.4, 0.5) is 11.5 Å². The second-order valence-electron chi connectivity index (χ2n) is 3.59. The third kappa shape index (κ3) is 2.28. The summed E-state index contributed by atoms with van der Waals surface area (Å²) in [7, 11) is 1.95. The third-order valence-corrected chi connectivity index (χ3v) is 2.30. The van der Waals surface area contributed by atoms with Gasteiger partial charge in [-0.1, -0.05) is 6.07 Å². The van der Waals surface area contributed by atoms with Crippen LogP contribution in [0.5, 0.6) is 0 Å². The van der Waals surface area contributed by atoms with E-state index in [0.717, 1.165) is 11.5 Å². The fraction of sp³-hybridized carbons (Fsp3) is 0.167. The summed E-state index contributed by atoms with van der Waals surface area (Å²) < 4.78 is 0. The Morgan fingerprint density at radius 1 is 1.12 bits per heavy atom. The van der Waals surface area contributed by atoms with Gasteiger partial charge >= 0.3 is 0 Å². The Morgan fingerprint density at radius 3 is 2.62 bits per heavy atom. The molecule has 0 aromatic carbocycles. The molecule has 0 spiro atoms. The van der Waals surface area contributed by atoms with Crippen molar-refractivity contribution in [2.75, 3.05) is 17.7 Å². The van der Waals surface area contributed by atoms with Gasteiger partial charge < -0.3 is 10.6 Å². The molecule has 2 heterocycles. The number of rotatable bonds is 3. The van der Waals surface area contributed by atoms with Crippen molar-refractivity contribution in [2.24, 2.45) is 0 Å². The molecule has 2 N–H and O–H groups in total. The largest absolute Gasteiger partial charge is 0.396 e. The lowest BCUT2D eigenvalue weighted by Crippen LogP contribution is -2.19. The fourth-order valence-electron chi connectivity index (χ4n) is 1.54. The van der Waals surface area contributed by atoms with Crippen molar-refractivity contribution in [3.05, 3.63) is 48.4 Å². The monoisotopic (exact) mass is 214 g/mol. The number of aromatic nitrogens is 2. The highest BCUT2D eigenvalue weighted by atomic mass is 15.2. The number of nitrogens with zero attached hydrogens (tertiary/aromatic N) is 3. The number of anilines is 2. The summed E-state index contributed by atoms with van der Waals surface area (Å²) in [5.41, 5.74) is 7.53. The Labute approximate surface area is 94.8 Å². The molecule has 2 aromatic rings. The SMILES string of the molecule is CN(Cc1ccccn1)c1ncccc1N. The first-order valence-corrected chi connectivity index (χ1v) is 5.09. The maximum atomic E-state index is 5.85. The average molecular weight is 214 g/mol. The quantitative estimate of drug-likeness (QED) is 0.844. The van der Waals surface area contributed by atoms with Crippen LogP contribution in [-0.4, -0.2) is 17.0 Å². The minimum atomic E-state index is 0.681. The zero-order valence-electron chi connectivity index (χ0n) is 9.17. The first kappa shape index (κ1) is 10.4. The van der Waals surface area contributed by atoms with Crippen molar-refractivity contribution in [3.63, 3.8) is 0 Å². The fourth-order valence-corrected chi connectivity index (χ4v) is 1.54. The van der Waals surface area contributed by atoms with Gasteiger partial charge in [0.2, 0.25) is 0 Å². The summed E-state index contributed by atoms with van der Waals surface area (Å²) >= 11 is 0. The summed E-state index contributed by atoms with van der Waals surface area (Å²) in [6.45, 7) is 0.696. The third-order valence-electron chi connectivity index (χ3n) is 2.30. The highest BCUT2D eigenvalue weighted by Crippen LogP contribution is 2.18. The van der Waals surface area contributed by atoms with Gasteiger partial charge in [0.05, 0.1) is 17.9 Å². The Morgan fingerprint density at radius 2 is 1.94 bits per heavy atom. The van der Waals surface area contributed by atoms with Gasteiger partial charge in [0, 0.05) is 19.4 Å². The van der Waals surface area contributed by atoms with Crippen LogP contribution in [0.3, 0.4) is 0 Å². The van der Waals surface area contributed by atoms with Crippen LogP contribution in [0, 0.1) is 0 Å². The molecule has 0 bridgehead atoms. The zero-order valence-corrected chi connectivity index (χ0v) is 9.17. The van der Waals surface area contributed by atoms with Crippen LogP contribution >= 0.6 is 0 Å². The number of hydrogen-bond acceptors (Lipinski definition) is 4. The molecule has 4 nitrogen and oxygen atoms in total. The molecule has 0 saturated heterocycles. The second kappa shape index (κ2) is 4.61. The van der Waals surface area contributed by atoms with Gasteiger partial charge in [0.15, 0.2) is 5.82 Å². The number of hydrogen-bond donors (Lipinski definition) is 1. The van der Waals surface area contributed by atoms with E-state index >= 15 is 0 Å². The summed E-state index contributed by atoms with van der Waals surface area (Å²) in [4.78, 5) is 10.5. The normalized spacial score (nSPS) is 10.1. The van der Waals surface area contributed by atoms with E-state index in [-0.39, 0.29) is 0 Å². The van der Waals surface area contributed by atoms with Crippen molar-refractivity contribution in [1.29, 1.82) is 0 Å². The minimum Gasteiger partial charge on any atom is -0.396 e. The summed E-state index contributed by atoms with van der Waals surface area (Å²) in [5.74, 6) is 0.785. The number of nitrogens with two attached hydrogens (primary N) is 1. The Kier molecular flexibility index (Phi) is 3.00. The maximum Gasteiger partial charge on any atom is 0.151 e. The summed E-state index contributed by atoms with van der Waals surface area (Å²) in [6, 6.07) is 9.52. The molecule has 0 aliphatic carbocycles. The van der Waals surface area contributed by atoms with E-state index in [1.807, 2.05) is 42.3 Å². The zero-order chi connectivity index (χ0) is 11.4. The van der Waals surface area contributed by atoms with Gasteiger partial charge in [0.25, 0.3) is 0 Å². The van der Waals surface area contributed by atoms with E-state index in [2.05, 4.69) is 9.97 Å².